The number of hydrogen-bond donors (Lipinski definition) is 1. The van der Waals surface area contributed by atoms with Crippen LogP contribution in [0.25, 0.3) is 0 Å². The van der Waals surface area contributed by atoms with Gasteiger partial charge in [-0.15, -0.1) is 0 Å². The number of sulfonamides is 1. The highest BCUT2D eigenvalue weighted by molar-refractivity contribution is 7.92. The third kappa shape index (κ3) is 5.72. The smallest absolute Gasteiger partial charge is 0.243 e. The van der Waals surface area contributed by atoms with E-state index in [4.69, 9.17) is 4.74 Å². The van der Waals surface area contributed by atoms with Crippen LogP contribution in [0.1, 0.15) is 18.9 Å². The fourth-order valence-electron chi connectivity index (χ4n) is 2.88. The van der Waals surface area contributed by atoms with E-state index in [1.54, 1.807) is 44.4 Å². The van der Waals surface area contributed by atoms with Crippen LogP contribution in [0.5, 0.6) is 5.75 Å². The Kier molecular flexibility index (Phi) is 7.24. The number of nitrogens with zero attached hydrogens (tertiary/aromatic N) is 1. The van der Waals surface area contributed by atoms with Crippen molar-refractivity contribution in [3.05, 3.63) is 60.2 Å². The van der Waals surface area contributed by atoms with E-state index < -0.39 is 16.1 Å². The van der Waals surface area contributed by atoms with E-state index >= 15 is 0 Å². The van der Waals surface area contributed by atoms with Crippen molar-refractivity contribution in [2.24, 2.45) is 0 Å². The molecule has 0 aliphatic carbocycles. The summed E-state index contributed by atoms with van der Waals surface area (Å²) < 4.78 is 31.0. The van der Waals surface area contributed by atoms with Gasteiger partial charge in [0.1, 0.15) is 11.8 Å². The van der Waals surface area contributed by atoms with Crippen LogP contribution in [0.2, 0.25) is 0 Å². The van der Waals surface area contributed by atoms with Crippen molar-refractivity contribution >= 4 is 21.6 Å². The summed E-state index contributed by atoms with van der Waals surface area (Å²) in [6, 6.07) is 15.5. The molecule has 0 heterocycles. The Balaban J connectivity index is 2.06. The summed E-state index contributed by atoms with van der Waals surface area (Å²) in [6.07, 6.45) is 2.14. The number of rotatable bonds is 9. The topological polar surface area (TPSA) is 75.7 Å². The molecule has 0 radical (unpaired) electrons. The van der Waals surface area contributed by atoms with Crippen molar-refractivity contribution in [3.63, 3.8) is 0 Å². The van der Waals surface area contributed by atoms with Gasteiger partial charge >= 0.3 is 0 Å². The molecule has 2 aromatic rings. The lowest BCUT2D eigenvalue weighted by molar-refractivity contribution is -0.122. The number of anilines is 1. The molecule has 0 aliphatic rings. The monoisotopic (exact) mass is 390 g/mol. The van der Waals surface area contributed by atoms with Crippen LogP contribution in [0.4, 0.5) is 5.69 Å². The number of amides is 1. The van der Waals surface area contributed by atoms with Gasteiger partial charge in [-0.1, -0.05) is 37.3 Å². The molecular formula is C20H26N2O4S. The molecule has 0 aromatic heterocycles. The van der Waals surface area contributed by atoms with Gasteiger partial charge in [0, 0.05) is 6.54 Å². The largest absolute Gasteiger partial charge is 0.497 e. The van der Waals surface area contributed by atoms with Crippen molar-refractivity contribution in [2.45, 2.75) is 25.8 Å². The van der Waals surface area contributed by atoms with Gasteiger partial charge in [-0.05, 0) is 42.7 Å². The molecule has 27 heavy (non-hydrogen) atoms. The molecule has 0 fully saturated rings. The zero-order chi connectivity index (χ0) is 19.9. The van der Waals surface area contributed by atoms with Gasteiger partial charge in [0.2, 0.25) is 15.9 Å². The average molecular weight is 391 g/mol. The van der Waals surface area contributed by atoms with E-state index in [1.807, 2.05) is 24.3 Å². The molecule has 2 aromatic carbocycles. The first kappa shape index (κ1) is 20.8. The second-order valence-electron chi connectivity index (χ2n) is 6.21. The Morgan fingerprint density at radius 3 is 2.26 bits per heavy atom. The van der Waals surface area contributed by atoms with E-state index in [0.29, 0.717) is 25.1 Å². The van der Waals surface area contributed by atoms with Crippen LogP contribution in [0.15, 0.2) is 54.6 Å². The summed E-state index contributed by atoms with van der Waals surface area (Å²) in [5.41, 5.74) is 1.55. The highest BCUT2D eigenvalue weighted by atomic mass is 32.2. The van der Waals surface area contributed by atoms with Crippen molar-refractivity contribution in [2.75, 3.05) is 24.2 Å². The maximum atomic E-state index is 12.7. The highest BCUT2D eigenvalue weighted by Crippen LogP contribution is 2.22. The Morgan fingerprint density at radius 1 is 1.11 bits per heavy atom. The number of carbonyl (C=O) groups is 1. The lowest BCUT2D eigenvalue weighted by Gasteiger charge is -2.30. The van der Waals surface area contributed by atoms with Crippen LogP contribution in [0, 0.1) is 0 Å². The molecule has 0 saturated heterocycles. The van der Waals surface area contributed by atoms with Gasteiger partial charge in [0.25, 0.3) is 0 Å². The Labute approximate surface area is 161 Å². The first-order valence-electron chi connectivity index (χ1n) is 8.82. The van der Waals surface area contributed by atoms with E-state index in [0.717, 1.165) is 17.6 Å². The van der Waals surface area contributed by atoms with Crippen LogP contribution in [-0.4, -0.2) is 40.3 Å². The lowest BCUT2D eigenvalue weighted by Crippen LogP contribution is -2.49. The molecule has 146 valence electrons. The first-order valence-corrected chi connectivity index (χ1v) is 10.7. The van der Waals surface area contributed by atoms with Gasteiger partial charge in [-0.25, -0.2) is 8.42 Å². The molecular weight excluding hydrogens is 364 g/mol. The summed E-state index contributed by atoms with van der Waals surface area (Å²) in [4.78, 5) is 12.7. The summed E-state index contributed by atoms with van der Waals surface area (Å²) in [5, 5.41) is 2.86. The minimum absolute atomic E-state index is 0.305. The highest BCUT2D eigenvalue weighted by Gasteiger charge is 2.31. The van der Waals surface area contributed by atoms with Gasteiger partial charge in [0.15, 0.2) is 0 Å². The van der Waals surface area contributed by atoms with E-state index in [2.05, 4.69) is 5.32 Å². The number of hydrogen-bond acceptors (Lipinski definition) is 4. The SMILES string of the molecule is CCC(C(=O)NCCc1ccc(OC)cc1)N(c1ccccc1)S(C)(=O)=O. The van der Waals surface area contributed by atoms with Crippen LogP contribution in [-0.2, 0) is 21.2 Å². The number of methoxy groups -OCH3 is 1. The van der Waals surface area contributed by atoms with Gasteiger partial charge in [-0.2, -0.15) is 0 Å². The molecule has 0 bridgehead atoms. The molecule has 0 saturated carbocycles. The normalized spacial score (nSPS) is 12.3. The molecule has 1 unspecified atom stereocenters. The average Bonchev–Trinajstić information content (AvgIpc) is 2.66. The summed E-state index contributed by atoms with van der Waals surface area (Å²) in [7, 11) is -1.99. The standard InChI is InChI=1S/C20H26N2O4S/c1-4-19(22(27(3,24)25)17-8-6-5-7-9-17)20(23)21-15-14-16-10-12-18(26-2)13-11-16/h5-13,19H,4,14-15H2,1-3H3,(H,21,23). The van der Waals surface area contributed by atoms with E-state index in [1.165, 1.54) is 4.31 Å². The molecule has 1 atom stereocenters. The van der Waals surface area contributed by atoms with Crippen LogP contribution < -0.4 is 14.4 Å². The predicted octanol–water partition coefficient (Wildman–Crippen LogP) is 2.60. The van der Waals surface area contributed by atoms with Crippen LogP contribution >= 0.6 is 0 Å². The number of nitrogens with one attached hydrogen (secondary N) is 1. The molecule has 1 N–H and O–H groups in total. The third-order valence-corrected chi connectivity index (χ3v) is 5.39. The third-order valence-electron chi connectivity index (χ3n) is 4.21. The molecule has 7 heteroatoms. The Hall–Kier alpha value is -2.54. The van der Waals surface area contributed by atoms with Crippen LogP contribution in [0.3, 0.4) is 0 Å². The maximum Gasteiger partial charge on any atom is 0.243 e. The summed E-state index contributed by atoms with van der Waals surface area (Å²) in [6.45, 7) is 2.23. The zero-order valence-electron chi connectivity index (χ0n) is 15.9. The summed E-state index contributed by atoms with van der Waals surface area (Å²) in [5.74, 6) is 0.473. The van der Waals surface area contributed by atoms with Gasteiger partial charge in [-0.3, -0.25) is 9.10 Å². The predicted molar refractivity (Wildman–Crippen MR) is 108 cm³/mol. The molecule has 0 aliphatic heterocycles. The Morgan fingerprint density at radius 2 is 1.74 bits per heavy atom. The van der Waals surface area contributed by atoms with Crippen molar-refractivity contribution in [1.29, 1.82) is 0 Å². The maximum absolute atomic E-state index is 12.7. The number of benzene rings is 2. The first-order chi connectivity index (χ1) is 12.9. The van der Waals surface area contributed by atoms with Crippen molar-refractivity contribution in [1.82, 2.24) is 5.32 Å². The van der Waals surface area contributed by atoms with Crippen molar-refractivity contribution < 1.29 is 17.9 Å². The number of para-hydroxylation sites is 1. The zero-order valence-corrected chi connectivity index (χ0v) is 16.7. The Bertz CT molecular complexity index is 836. The second-order valence-corrected chi connectivity index (χ2v) is 8.07. The lowest BCUT2D eigenvalue weighted by atomic mass is 10.1. The minimum Gasteiger partial charge on any atom is -0.497 e. The minimum atomic E-state index is -3.60. The van der Waals surface area contributed by atoms with E-state index in [-0.39, 0.29) is 5.91 Å². The van der Waals surface area contributed by atoms with Gasteiger partial charge < -0.3 is 10.1 Å². The molecule has 1 amide bonds. The fraction of sp³-hybridized carbons (Fsp3) is 0.350. The molecule has 6 nitrogen and oxygen atoms in total. The van der Waals surface area contributed by atoms with Gasteiger partial charge in [0.05, 0.1) is 19.1 Å². The molecule has 0 spiro atoms. The fourth-order valence-corrected chi connectivity index (χ4v) is 4.09. The molecule has 2 rings (SSSR count). The van der Waals surface area contributed by atoms with E-state index in [9.17, 15) is 13.2 Å². The number of carbonyl (C=O) groups excluding carboxylic acids is 1. The summed E-state index contributed by atoms with van der Waals surface area (Å²) >= 11 is 0. The number of ether oxygens (including phenoxy) is 1. The van der Waals surface area contributed by atoms with Crippen molar-refractivity contribution in [3.8, 4) is 5.75 Å². The second kappa shape index (κ2) is 9.41. The quantitative estimate of drug-likeness (QED) is 0.714.